The molecule has 1 heterocycles. The van der Waals surface area contributed by atoms with Crippen LogP contribution in [-0.2, 0) is 6.54 Å². The maximum atomic E-state index is 11.9. The molecule has 2 amide bonds. The van der Waals surface area contributed by atoms with Crippen LogP contribution < -0.4 is 10.6 Å². The molecule has 1 aromatic carbocycles. The van der Waals surface area contributed by atoms with Gasteiger partial charge in [-0.1, -0.05) is 29.8 Å². The molecule has 1 atom stereocenters. The Hall–Kier alpha value is -1.26. The highest BCUT2D eigenvalue weighted by Gasteiger charge is 2.21. The summed E-state index contributed by atoms with van der Waals surface area (Å²) in [4.78, 5) is 14.4. The van der Waals surface area contributed by atoms with Crippen LogP contribution in [0.5, 0.6) is 0 Å². The Bertz CT molecular complexity index is 493. The minimum atomic E-state index is -0.124. The molecule has 1 unspecified atom stereocenters. The molecule has 0 aliphatic carbocycles. The molecule has 2 rings (SSSR count). The molecular weight excluding hydrogens is 298 g/mol. The minimum absolute atomic E-state index is 0.124. The zero-order valence-corrected chi connectivity index (χ0v) is 14.2. The van der Waals surface area contributed by atoms with Gasteiger partial charge in [0.05, 0.1) is 0 Å². The van der Waals surface area contributed by atoms with Gasteiger partial charge in [-0.15, -0.1) is 0 Å². The fourth-order valence-electron chi connectivity index (χ4n) is 2.85. The number of halogens is 1. The van der Waals surface area contributed by atoms with Gasteiger partial charge in [0, 0.05) is 30.7 Å². The molecule has 1 aromatic rings. The van der Waals surface area contributed by atoms with Crippen molar-refractivity contribution < 1.29 is 4.79 Å². The molecule has 0 spiro atoms. The Morgan fingerprint density at radius 3 is 2.86 bits per heavy atom. The van der Waals surface area contributed by atoms with Gasteiger partial charge >= 0.3 is 6.03 Å². The number of hydrogen-bond donors (Lipinski definition) is 2. The first-order valence-electron chi connectivity index (χ1n) is 8.05. The van der Waals surface area contributed by atoms with Crippen molar-refractivity contribution >= 4 is 17.6 Å². The van der Waals surface area contributed by atoms with Crippen molar-refractivity contribution in [1.82, 2.24) is 15.5 Å². The van der Waals surface area contributed by atoms with Gasteiger partial charge in [-0.05, 0) is 50.8 Å². The summed E-state index contributed by atoms with van der Waals surface area (Å²) in [5, 5.41) is 6.53. The minimum Gasteiger partial charge on any atom is -0.338 e. The third-order valence-electron chi connectivity index (χ3n) is 4.23. The Balaban J connectivity index is 1.70. The second-order valence-electron chi connectivity index (χ2n) is 6.25. The van der Waals surface area contributed by atoms with Crippen molar-refractivity contribution in [3.63, 3.8) is 0 Å². The number of nitrogens with one attached hydrogen (secondary N) is 2. The van der Waals surface area contributed by atoms with E-state index in [1.807, 2.05) is 24.3 Å². The van der Waals surface area contributed by atoms with Crippen molar-refractivity contribution in [2.75, 3.05) is 19.6 Å². The Labute approximate surface area is 138 Å². The summed E-state index contributed by atoms with van der Waals surface area (Å²) in [6, 6.07) is 8.01. The zero-order valence-electron chi connectivity index (χ0n) is 13.4. The first kappa shape index (κ1) is 17.1. The highest BCUT2D eigenvalue weighted by Crippen LogP contribution is 2.17. The summed E-state index contributed by atoms with van der Waals surface area (Å²) >= 11 is 6.07. The molecular formula is C17H26ClN3O. The molecule has 4 nitrogen and oxygen atoms in total. The van der Waals surface area contributed by atoms with E-state index >= 15 is 0 Å². The highest BCUT2D eigenvalue weighted by molar-refractivity contribution is 6.31. The van der Waals surface area contributed by atoms with Crippen LogP contribution in [0, 0.1) is 5.92 Å². The van der Waals surface area contributed by atoms with Crippen LogP contribution in [0.3, 0.4) is 0 Å². The molecule has 5 heteroatoms. The van der Waals surface area contributed by atoms with Crippen LogP contribution in [0.15, 0.2) is 24.3 Å². The number of amides is 2. The Morgan fingerprint density at radius 1 is 1.36 bits per heavy atom. The normalized spacial score (nSPS) is 19.2. The number of carbonyl (C=O) groups is 1. The van der Waals surface area contributed by atoms with E-state index in [1.54, 1.807) is 0 Å². The summed E-state index contributed by atoms with van der Waals surface area (Å²) in [6.07, 6.45) is 2.40. The van der Waals surface area contributed by atoms with E-state index in [0.29, 0.717) is 23.5 Å². The molecule has 22 heavy (non-hydrogen) atoms. The number of nitrogens with zero attached hydrogens (tertiary/aromatic N) is 1. The van der Waals surface area contributed by atoms with E-state index in [-0.39, 0.29) is 6.03 Å². The van der Waals surface area contributed by atoms with E-state index in [0.717, 1.165) is 18.7 Å². The van der Waals surface area contributed by atoms with Crippen LogP contribution in [0.4, 0.5) is 4.79 Å². The Morgan fingerprint density at radius 2 is 2.14 bits per heavy atom. The lowest BCUT2D eigenvalue weighted by Gasteiger charge is -2.35. The summed E-state index contributed by atoms with van der Waals surface area (Å²) < 4.78 is 0. The maximum absolute atomic E-state index is 11.9. The van der Waals surface area contributed by atoms with Gasteiger partial charge in [0.1, 0.15) is 0 Å². The number of rotatable bonds is 5. The van der Waals surface area contributed by atoms with Gasteiger partial charge in [0.2, 0.25) is 0 Å². The van der Waals surface area contributed by atoms with E-state index in [4.69, 9.17) is 11.6 Å². The standard InChI is InChI=1S/C17H26ClN3O/c1-13(2)21-9-5-6-14(12-21)10-19-17(22)20-11-15-7-3-4-8-16(15)18/h3-4,7-8,13-14H,5-6,9-12H2,1-2H3,(H2,19,20,22). The van der Waals surface area contributed by atoms with Gasteiger partial charge in [-0.25, -0.2) is 4.79 Å². The summed E-state index contributed by atoms with van der Waals surface area (Å²) in [7, 11) is 0. The van der Waals surface area contributed by atoms with Gasteiger partial charge in [-0.2, -0.15) is 0 Å². The number of urea groups is 1. The van der Waals surface area contributed by atoms with E-state index in [1.165, 1.54) is 19.4 Å². The second-order valence-corrected chi connectivity index (χ2v) is 6.66. The summed E-state index contributed by atoms with van der Waals surface area (Å²) in [5.41, 5.74) is 0.933. The maximum Gasteiger partial charge on any atom is 0.315 e. The van der Waals surface area contributed by atoms with Gasteiger partial charge < -0.3 is 15.5 Å². The van der Waals surface area contributed by atoms with Crippen molar-refractivity contribution in [3.8, 4) is 0 Å². The molecule has 0 radical (unpaired) electrons. The average Bonchev–Trinajstić information content (AvgIpc) is 2.52. The van der Waals surface area contributed by atoms with Crippen LogP contribution >= 0.6 is 11.6 Å². The van der Waals surface area contributed by atoms with Crippen LogP contribution in [0.25, 0.3) is 0 Å². The van der Waals surface area contributed by atoms with Crippen LogP contribution in [0.2, 0.25) is 5.02 Å². The molecule has 1 aliphatic heterocycles. The lowest BCUT2D eigenvalue weighted by atomic mass is 9.97. The van der Waals surface area contributed by atoms with Crippen molar-refractivity contribution in [1.29, 1.82) is 0 Å². The van der Waals surface area contributed by atoms with Crippen molar-refractivity contribution in [2.24, 2.45) is 5.92 Å². The van der Waals surface area contributed by atoms with Crippen LogP contribution in [0.1, 0.15) is 32.3 Å². The van der Waals surface area contributed by atoms with Crippen molar-refractivity contribution in [3.05, 3.63) is 34.9 Å². The predicted octanol–water partition coefficient (Wildman–Crippen LogP) is 3.26. The molecule has 2 N–H and O–H groups in total. The molecule has 0 saturated carbocycles. The first-order chi connectivity index (χ1) is 10.6. The van der Waals surface area contributed by atoms with E-state index < -0.39 is 0 Å². The number of likely N-dealkylation sites (tertiary alicyclic amines) is 1. The predicted molar refractivity (Wildman–Crippen MR) is 91.1 cm³/mol. The lowest BCUT2D eigenvalue weighted by molar-refractivity contribution is 0.139. The summed E-state index contributed by atoms with van der Waals surface area (Å²) in [6.45, 7) is 7.89. The lowest BCUT2D eigenvalue weighted by Crippen LogP contribution is -2.45. The monoisotopic (exact) mass is 323 g/mol. The molecule has 1 saturated heterocycles. The number of carbonyl (C=O) groups excluding carboxylic acids is 1. The average molecular weight is 324 g/mol. The number of piperidine rings is 1. The molecule has 0 aromatic heterocycles. The van der Waals surface area contributed by atoms with Crippen molar-refractivity contribution in [2.45, 2.75) is 39.3 Å². The van der Waals surface area contributed by atoms with E-state index in [9.17, 15) is 4.79 Å². The topological polar surface area (TPSA) is 44.4 Å². The largest absolute Gasteiger partial charge is 0.338 e. The third-order valence-corrected chi connectivity index (χ3v) is 4.60. The molecule has 0 bridgehead atoms. The van der Waals surface area contributed by atoms with E-state index in [2.05, 4.69) is 29.4 Å². The Kier molecular flexibility index (Phi) is 6.52. The number of benzene rings is 1. The highest BCUT2D eigenvalue weighted by atomic mass is 35.5. The smallest absolute Gasteiger partial charge is 0.315 e. The second kappa shape index (κ2) is 8.39. The fraction of sp³-hybridized carbons (Fsp3) is 0.588. The van der Waals surface area contributed by atoms with Gasteiger partial charge in [0.15, 0.2) is 0 Å². The third kappa shape index (κ3) is 5.18. The fourth-order valence-corrected chi connectivity index (χ4v) is 3.05. The number of hydrogen-bond acceptors (Lipinski definition) is 2. The first-order valence-corrected chi connectivity index (χ1v) is 8.43. The summed E-state index contributed by atoms with van der Waals surface area (Å²) in [5.74, 6) is 0.544. The molecule has 1 aliphatic rings. The van der Waals surface area contributed by atoms with Gasteiger partial charge in [0.25, 0.3) is 0 Å². The van der Waals surface area contributed by atoms with Crippen LogP contribution in [-0.4, -0.2) is 36.6 Å². The van der Waals surface area contributed by atoms with Gasteiger partial charge in [-0.3, -0.25) is 0 Å². The zero-order chi connectivity index (χ0) is 15.9. The molecule has 122 valence electrons. The quantitative estimate of drug-likeness (QED) is 0.873. The molecule has 1 fully saturated rings. The SMILES string of the molecule is CC(C)N1CCCC(CNC(=O)NCc2ccccc2Cl)C1.